The largest absolute Gasteiger partial charge is 0.0851 e. The summed E-state index contributed by atoms with van der Waals surface area (Å²) in [5, 5.41) is 0. The molecule has 0 spiro atoms. The second-order valence-corrected chi connectivity index (χ2v) is 4.37. The molecule has 0 heteroatoms. The highest BCUT2D eigenvalue weighted by molar-refractivity contribution is 5.17. The van der Waals surface area contributed by atoms with Crippen molar-refractivity contribution in [2.75, 3.05) is 0 Å². The Bertz CT molecular complexity index is 284. The van der Waals surface area contributed by atoms with Gasteiger partial charge in [0, 0.05) is 0 Å². The number of unbranched alkanes of at least 4 members (excludes halogenated alkanes) is 2. The van der Waals surface area contributed by atoms with Gasteiger partial charge < -0.3 is 0 Å². The van der Waals surface area contributed by atoms with Crippen LogP contribution in [0.15, 0.2) is 42.5 Å². The molecule has 1 aromatic rings. The summed E-state index contributed by atoms with van der Waals surface area (Å²) in [7, 11) is 0. The standard InChI is InChI=1S/C16H23/c1-3-4-6-10-15(2)11-9-14-16-12-7-5-8-13-16/h5,7-9,11-13,15H,2-4,6,10,14H2,1H3. The van der Waals surface area contributed by atoms with Crippen molar-refractivity contribution in [3.63, 3.8) is 0 Å². The number of rotatable bonds is 7. The van der Waals surface area contributed by atoms with Crippen LogP contribution in [0, 0.1) is 12.8 Å². The second kappa shape index (κ2) is 8.15. The maximum absolute atomic E-state index is 4.15. The maximum atomic E-state index is 4.15. The van der Waals surface area contributed by atoms with E-state index in [9.17, 15) is 0 Å². The van der Waals surface area contributed by atoms with Crippen molar-refractivity contribution in [3.05, 3.63) is 55.0 Å². The molecule has 0 aromatic heterocycles. The summed E-state index contributed by atoms with van der Waals surface area (Å²) in [5.74, 6) is 0.482. The lowest BCUT2D eigenvalue weighted by molar-refractivity contribution is 0.608. The quantitative estimate of drug-likeness (QED) is 0.452. The van der Waals surface area contributed by atoms with Gasteiger partial charge in [-0.25, -0.2) is 0 Å². The Morgan fingerprint density at radius 3 is 2.62 bits per heavy atom. The minimum Gasteiger partial charge on any atom is -0.0851 e. The molecule has 0 nitrogen and oxygen atoms in total. The normalized spacial score (nSPS) is 13.1. The summed E-state index contributed by atoms with van der Waals surface area (Å²) in [5.41, 5.74) is 1.37. The van der Waals surface area contributed by atoms with E-state index in [-0.39, 0.29) is 0 Å². The van der Waals surface area contributed by atoms with Crippen LogP contribution in [0.5, 0.6) is 0 Å². The van der Waals surface area contributed by atoms with Crippen LogP contribution in [0.2, 0.25) is 0 Å². The molecule has 1 radical (unpaired) electrons. The van der Waals surface area contributed by atoms with E-state index in [4.69, 9.17) is 0 Å². The van der Waals surface area contributed by atoms with E-state index >= 15 is 0 Å². The van der Waals surface area contributed by atoms with E-state index in [1.54, 1.807) is 0 Å². The number of hydrogen-bond acceptors (Lipinski definition) is 0. The predicted octanol–water partition coefficient (Wildman–Crippen LogP) is 4.82. The second-order valence-electron chi connectivity index (χ2n) is 4.37. The zero-order valence-corrected chi connectivity index (χ0v) is 10.4. The first kappa shape index (κ1) is 13.0. The first-order valence-corrected chi connectivity index (χ1v) is 6.36. The summed E-state index contributed by atoms with van der Waals surface area (Å²) < 4.78 is 0. The Hall–Kier alpha value is -1.04. The van der Waals surface area contributed by atoms with Gasteiger partial charge in [-0.3, -0.25) is 0 Å². The summed E-state index contributed by atoms with van der Waals surface area (Å²) in [6.07, 6.45) is 10.7. The molecule has 0 saturated carbocycles. The number of allylic oxidation sites excluding steroid dienone is 2. The lowest BCUT2D eigenvalue weighted by atomic mass is 10.0. The van der Waals surface area contributed by atoms with Gasteiger partial charge in [-0.05, 0) is 31.2 Å². The minimum atomic E-state index is 0.482. The highest BCUT2D eigenvalue weighted by Crippen LogP contribution is 2.10. The van der Waals surface area contributed by atoms with E-state index < -0.39 is 0 Å². The fourth-order valence-corrected chi connectivity index (χ4v) is 1.76. The van der Waals surface area contributed by atoms with Crippen LogP contribution >= 0.6 is 0 Å². The van der Waals surface area contributed by atoms with Gasteiger partial charge in [-0.1, -0.05) is 68.7 Å². The van der Waals surface area contributed by atoms with Crippen LogP contribution in [0.25, 0.3) is 0 Å². The molecular formula is C16H23. The molecular weight excluding hydrogens is 192 g/mol. The van der Waals surface area contributed by atoms with E-state index in [1.165, 1.54) is 31.2 Å². The lowest BCUT2D eigenvalue weighted by Gasteiger charge is -2.04. The molecule has 1 unspecified atom stereocenters. The van der Waals surface area contributed by atoms with Crippen LogP contribution in [0.1, 0.15) is 38.2 Å². The molecule has 0 aliphatic heterocycles. The molecule has 0 bridgehead atoms. The monoisotopic (exact) mass is 215 g/mol. The first-order chi connectivity index (χ1) is 7.83. The molecule has 1 atom stereocenters. The third-order valence-corrected chi connectivity index (χ3v) is 2.78. The zero-order chi connectivity index (χ0) is 11.6. The first-order valence-electron chi connectivity index (χ1n) is 6.36. The maximum Gasteiger partial charge on any atom is -0.00974 e. The van der Waals surface area contributed by atoms with Crippen LogP contribution < -0.4 is 0 Å². The molecule has 0 heterocycles. The Labute approximate surface area is 100 Å². The molecule has 1 rings (SSSR count). The molecule has 0 fully saturated rings. The topological polar surface area (TPSA) is 0 Å². The zero-order valence-electron chi connectivity index (χ0n) is 10.4. The van der Waals surface area contributed by atoms with Crippen molar-refractivity contribution >= 4 is 0 Å². The summed E-state index contributed by atoms with van der Waals surface area (Å²) in [6.45, 7) is 6.39. The van der Waals surface area contributed by atoms with Crippen molar-refractivity contribution < 1.29 is 0 Å². The fraction of sp³-hybridized carbons (Fsp3) is 0.438. The summed E-state index contributed by atoms with van der Waals surface area (Å²) in [6, 6.07) is 10.6. The number of benzene rings is 1. The molecule has 0 amide bonds. The molecule has 0 aliphatic rings. The van der Waals surface area contributed by atoms with E-state index in [2.05, 4.69) is 56.3 Å². The Kier molecular flexibility index (Phi) is 6.64. The Balaban J connectivity index is 2.21. The van der Waals surface area contributed by atoms with Gasteiger partial charge in [-0.2, -0.15) is 0 Å². The van der Waals surface area contributed by atoms with Crippen molar-refractivity contribution in [2.45, 2.75) is 39.0 Å². The van der Waals surface area contributed by atoms with Gasteiger partial charge in [-0.15, -0.1) is 0 Å². The summed E-state index contributed by atoms with van der Waals surface area (Å²) in [4.78, 5) is 0. The summed E-state index contributed by atoms with van der Waals surface area (Å²) >= 11 is 0. The molecule has 87 valence electrons. The fourth-order valence-electron chi connectivity index (χ4n) is 1.76. The van der Waals surface area contributed by atoms with Crippen molar-refractivity contribution in [1.29, 1.82) is 0 Å². The third kappa shape index (κ3) is 5.75. The predicted molar refractivity (Wildman–Crippen MR) is 72.3 cm³/mol. The average Bonchev–Trinajstić information content (AvgIpc) is 2.31. The lowest BCUT2D eigenvalue weighted by Crippen LogP contribution is -1.90. The van der Waals surface area contributed by atoms with E-state index in [0.717, 1.165) is 6.42 Å². The Morgan fingerprint density at radius 1 is 1.19 bits per heavy atom. The van der Waals surface area contributed by atoms with Gasteiger partial charge in [0.2, 0.25) is 0 Å². The Morgan fingerprint density at radius 2 is 1.94 bits per heavy atom. The van der Waals surface area contributed by atoms with E-state index in [1.807, 2.05) is 0 Å². The van der Waals surface area contributed by atoms with Crippen molar-refractivity contribution in [1.82, 2.24) is 0 Å². The highest BCUT2D eigenvalue weighted by Gasteiger charge is 1.96. The molecule has 0 N–H and O–H groups in total. The van der Waals surface area contributed by atoms with Crippen molar-refractivity contribution in [2.24, 2.45) is 5.92 Å². The highest BCUT2D eigenvalue weighted by atomic mass is 14.0. The van der Waals surface area contributed by atoms with Gasteiger partial charge in [0.05, 0.1) is 0 Å². The van der Waals surface area contributed by atoms with Crippen molar-refractivity contribution in [3.8, 4) is 0 Å². The van der Waals surface area contributed by atoms with Gasteiger partial charge in [0.25, 0.3) is 0 Å². The van der Waals surface area contributed by atoms with Crippen LogP contribution in [0.3, 0.4) is 0 Å². The average molecular weight is 215 g/mol. The van der Waals surface area contributed by atoms with Crippen LogP contribution in [-0.4, -0.2) is 0 Å². The van der Waals surface area contributed by atoms with Crippen LogP contribution in [0.4, 0.5) is 0 Å². The molecule has 0 saturated heterocycles. The van der Waals surface area contributed by atoms with Gasteiger partial charge in [0.15, 0.2) is 0 Å². The SMILES string of the molecule is [CH2]C(C=CCc1ccccc1)CCCCC. The number of hydrogen-bond donors (Lipinski definition) is 0. The van der Waals surface area contributed by atoms with Gasteiger partial charge >= 0.3 is 0 Å². The minimum absolute atomic E-state index is 0.482. The van der Waals surface area contributed by atoms with Gasteiger partial charge in [0.1, 0.15) is 0 Å². The molecule has 16 heavy (non-hydrogen) atoms. The third-order valence-electron chi connectivity index (χ3n) is 2.78. The van der Waals surface area contributed by atoms with Crippen LogP contribution in [-0.2, 0) is 6.42 Å². The smallest absolute Gasteiger partial charge is 0.00974 e. The van der Waals surface area contributed by atoms with E-state index in [0.29, 0.717) is 5.92 Å². The molecule has 1 aromatic carbocycles. The molecule has 0 aliphatic carbocycles.